The Balaban J connectivity index is 1.84. The van der Waals surface area contributed by atoms with Crippen LogP contribution >= 0.6 is 11.6 Å². The molecule has 0 amide bonds. The molecule has 2 aromatic rings. The number of hydrogen-bond donors (Lipinski definition) is 1. The van der Waals surface area contributed by atoms with Crippen LogP contribution in [0.4, 0.5) is 0 Å². The third-order valence-electron chi connectivity index (χ3n) is 2.66. The molecule has 0 radical (unpaired) electrons. The minimum atomic E-state index is 0.324. The van der Waals surface area contributed by atoms with Crippen molar-refractivity contribution in [3.8, 4) is 0 Å². The largest absolute Gasteiger partial charge is 0.321 e. The molecule has 0 aliphatic carbocycles. The van der Waals surface area contributed by atoms with Crippen LogP contribution in [0.2, 0.25) is 5.15 Å². The van der Waals surface area contributed by atoms with Gasteiger partial charge in [-0.2, -0.15) is 5.10 Å². The van der Waals surface area contributed by atoms with E-state index in [-0.39, 0.29) is 0 Å². The minimum Gasteiger partial charge on any atom is -0.321 e. The zero-order valence-electron chi connectivity index (χ0n) is 9.97. The number of hydrogen-bond acceptors (Lipinski definition) is 3. The monoisotopic (exact) mass is 253 g/mol. The summed E-state index contributed by atoms with van der Waals surface area (Å²) in [7, 11) is 1.91. The standard InChI is InChI=1S/C11H16ClN5/c1-9(8-17-5-3-4-15-17)13-7-11-14-6-10(12)16(11)2/h3-6,9,13H,7-8H2,1-2H3. The van der Waals surface area contributed by atoms with Gasteiger partial charge >= 0.3 is 0 Å². The molecule has 2 heterocycles. The Kier molecular flexibility index (Phi) is 3.81. The van der Waals surface area contributed by atoms with Crippen LogP contribution in [0, 0.1) is 0 Å². The minimum absolute atomic E-state index is 0.324. The Morgan fingerprint density at radius 2 is 2.35 bits per heavy atom. The van der Waals surface area contributed by atoms with Crippen LogP contribution in [-0.2, 0) is 20.1 Å². The van der Waals surface area contributed by atoms with E-state index in [0.29, 0.717) is 17.7 Å². The van der Waals surface area contributed by atoms with Gasteiger partial charge in [-0.05, 0) is 13.0 Å². The van der Waals surface area contributed by atoms with Crippen molar-refractivity contribution in [3.63, 3.8) is 0 Å². The molecule has 0 saturated carbocycles. The summed E-state index contributed by atoms with van der Waals surface area (Å²) >= 11 is 5.92. The molecule has 1 unspecified atom stereocenters. The summed E-state index contributed by atoms with van der Waals surface area (Å²) in [5.74, 6) is 0.933. The molecule has 0 saturated heterocycles. The van der Waals surface area contributed by atoms with Gasteiger partial charge in [0, 0.05) is 25.5 Å². The van der Waals surface area contributed by atoms with Crippen molar-refractivity contribution in [1.29, 1.82) is 0 Å². The second-order valence-corrected chi connectivity index (χ2v) is 4.45. The van der Waals surface area contributed by atoms with Gasteiger partial charge in [-0.1, -0.05) is 11.6 Å². The van der Waals surface area contributed by atoms with E-state index in [1.54, 1.807) is 12.4 Å². The number of halogens is 1. The molecule has 1 atom stereocenters. The fourth-order valence-electron chi connectivity index (χ4n) is 1.61. The van der Waals surface area contributed by atoms with E-state index in [0.717, 1.165) is 12.4 Å². The molecule has 0 aliphatic heterocycles. The quantitative estimate of drug-likeness (QED) is 0.877. The van der Waals surface area contributed by atoms with Gasteiger partial charge < -0.3 is 9.88 Å². The van der Waals surface area contributed by atoms with Crippen LogP contribution in [0.5, 0.6) is 0 Å². The van der Waals surface area contributed by atoms with Crippen LogP contribution in [0.3, 0.4) is 0 Å². The molecule has 0 fully saturated rings. The van der Waals surface area contributed by atoms with Crippen molar-refractivity contribution in [2.24, 2.45) is 7.05 Å². The maximum absolute atomic E-state index is 5.92. The molecule has 2 aromatic heterocycles. The van der Waals surface area contributed by atoms with Crippen LogP contribution in [-0.4, -0.2) is 25.4 Å². The molecular weight excluding hydrogens is 238 g/mol. The summed E-state index contributed by atoms with van der Waals surface area (Å²) < 4.78 is 3.78. The number of nitrogens with one attached hydrogen (secondary N) is 1. The maximum atomic E-state index is 5.92. The van der Waals surface area contributed by atoms with Gasteiger partial charge in [-0.3, -0.25) is 4.68 Å². The molecule has 1 N–H and O–H groups in total. The lowest BCUT2D eigenvalue weighted by Crippen LogP contribution is -2.31. The highest BCUT2D eigenvalue weighted by atomic mass is 35.5. The van der Waals surface area contributed by atoms with Crippen molar-refractivity contribution in [1.82, 2.24) is 24.6 Å². The predicted octanol–water partition coefficient (Wildman–Crippen LogP) is 1.45. The molecule has 0 aliphatic rings. The second kappa shape index (κ2) is 5.33. The Labute approximate surface area is 105 Å². The van der Waals surface area contributed by atoms with E-state index in [4.69, 9.17) is 11.6 Å². The molecule has 0 bridgehead atoms. The summed E-state index contributed by atoms with van der Waals surface area (Å²) in [4.78, 5) is 4.23. The lowest BCUT2D eigenvalue weighted by atomic mass is 10.3. The first-order valence-electron chi connectivity index (χ1n) is 5.53. The Morgan fingerprint density at radius 1 is 1.53 bits per heavy atom. The van der Waals surface area contributed by atoms with Crippen LogP contribution in [0.25, 0.3) is 0 Å². The maximum Gasteiger partial charge on any atom is 0.128 e. The summed E-state index contributed by atoms with van der Waals surface area (Å²) in [6.07, 6.45) is 5.40. The SMILES string of the molecule is CC(Cn1cccn1)NCc1ncc(Cl)n1C. The van der Waals surface area contributed by atoms with Crippen molar-refractivity contribution >= 4 is 11.6 Å². The summed E-state index contributed by atoms with van der Waals surface area (Å²) in [6.45, 7) is 3.66. The smallest absolute Gasteiger partial charge is 0.128 e. The number of rotatable bonds is 5. The lowest BCUT2D eigenvalue weighted by Gasteiger charge is -2.13. The van der Waals surface area contributed by atoms with Gasteiger partial charge in [0.05, 0.1) is 19.3 Å². The first kappa shape index (κ1) is 12.1. The summed E-state index contributed by atoms with van der Waals surface area (Å²) in [5, 5.41) is 8.21. The fraction of sp³-hybridized carbons (Fsp3) is 0.455. The third-order valence-corrected chi connectivity index (χ3v) is 3.01. The van der Waals surface area contributed by atoms with E-state index in [1.807, 2.05) is 28.6 Å². The van der Waals surface area contributed by atoms with Gasteiger partial charge in [0.15, 0.2) is 0 Å². The Hall–Kier alpha value is -1.33. The number of aromatic nitrogens is 4. The van der Waals surface area contributed by atoms with Gasteiger partial charge in [-0.25, -0.2) is 4.98 Å². The molecule has 17 heavy (non-hydrogen) atoms. The van der Waals surface area contributed by atoms with E-state index in [9.17, 15) is 0 Å². The van der Waals surface area contributed by atoms with Crippen molar-refractivity contribution < 1.29 is 0 Å². The number of nitrogens with zero attached hydrogens (tertiary/aromatic N) is 4. The summed E-state index contributed by atoms with van der Waals surface area (Å²) in [5.41, 5.74) is 0. The van der Waals surface area contributed by atoms with Gasteiger partial charge in [-0.15, -0.1) is 0 Å². The fourth-order valence-corrected chi connectivity index (χ4v) is 1.75. The van der Waals surface area contributed by atoms with E-state index in [2.05, 4.69) is 22.3 Å². The van der Waals surface area contributed by atoms with E-state index in [1.165, 1.54) is 0 Å². The van der Waals surface area contributed by atoms with Crippen LogP contribution < -0.4 is 5.32 Å². The van der Waals surface area contributed by atoms with Crippen molar-refractivity contribution in [2.45, 2.75) is 26.1 Å². The predicted molar refractivity (Wildman–Crippen MR) is 66.7 cm³/mol. The molecule has 0 aromatic carbocycles. The van der Waals surface area contributed by atoms with E-state index >= 15 is 0 Å². The zero-order valence-corrected chi connectivity index (χ0v) is 10.7. The van der Waals surface area contributed by atoms with Crippen molar-refractivity contribution in [3.05, 3.63) is 35.6 Å². The number of imidazole rings is 1. The molecule has 0 spiro atoms. The van der Waals surface area contributed by atoms with Crippen LogP contribution in [0.15, 0.2) is 24.7 Å². The molecule has 6 heteroatoms. The van der Waals surface area contributed by atoms with Crippen molar-refractivity contribution in [2.75, 3.05) is 0 Å². The Bertz CT molecular complexity index is 462. The zero-order chi connectivity index (χ0) is 12.3. The average Bonchev–Trinajstić information content (AvgIpc) is 2.90. The topological polar surface area (TPSA) is 47.7 Å². The highest BCUT2D eigenvalue weighted by molar-refractivity contribution is 6.29. The molecular formula is C11H16ClN5. The first-order valence-corrected chi connectivity index (χ1v) is 5.91. The summed E-state index contributed by atoms with van der Waals surface area (Å²) in [6, 6.07) is 2.25. The Morgan fingerprint density at radius 3 is 2.94 bits per heavy atom. The third kappa shape index (κ3) is 3.08. The highest BCUT2D eigenvalue weighted by Gasteiger charge is 2.07. The van der Waals surface area contributed by atoms with E-state index < -0.39 is 0 Å². The van der Waals surface area contributed by atoms with Gasteiger partial charge in [0.2, 0.25) is 0 Å². The molecule has 2 rings (SSSR count). The second-order valence-electron chi connectivity index (χ2n) is 4.07. The lowest BCUT2D eigenvalue weighted by molar-refractivity contribution is 0.443. The van der Waals surface area contributed by atoms with Gasteiger partial charge in [0.25, 0.3) is 0 Å². The van der Waals surface area contributed by atoms with Crippen LogP contribution in [0.1, 0.15) is 12.7 Å². The highest BCUT2D eigenvalue weighted by Crippen LogP contribution is 2.08. The molecule has 5 nitrogen and oxygen atoms in total. The molecule has 92 valence electrons. The average molecular weight is 254 g/mol. The van der Waals surface area contributed by atoms with Gasteiger partial charge in [0.1, 0.15) is 11.0 Å². The normalized spacial score (nSPS) is 12.9. The first-order chi connectivity index (χ1) is 8.16.